The molecule has 0 unspecified atom stereocenters. The summed E-state index contributed by atoms with van der Waals surface area (Å²) in [5.74, 6) is 0.470. The third kappa shape index (κ3) is 3.70. The molecular formula is C14H20N2O2S2. The summed E-state index contributed by atoms with van der Waals surface area (Å²) in [5.41, 5.74) is 2.12. The number of nitrogens with one attached hydrogen (secondary N) is 1. The highest BCUT2D eigenvalue weighted by atomic mass is 32.2. The smallest absolute Gasteiger partial charge is 0.173 e. The number of thiocarbonyl (C=S) groups is 1. The molecule has 1 aliphatic heterocycles. The van der Waals surface area contributed by atoms with Crippen molar-refractivity contribution in [2.75, 3.05) is 23.4 Å². The number of sulfone groups is 1. The average Bonchev–Trinajstić information content (AvgIpc) is 2.73. The van der Waals surface area contributed by atoms with E-state index in [2.05, 4.69) is 5.32 Å². The molecule has 1 aromatic carbocycles. The first-order chi connectivity index (χ1) is 9.41. The maximum atomic E-state index is 11.6. The van der Waals surface area contributed by atoms with Crippen LogP contribution in [0.4, 0.5) is 5.69 Å². The largest absolute Gasteiger partial charge is 0.345 e. The molecule has 0 aromatic heterocycles. The van der Waals surface area contributed by atoms with Crippen molar-refractivity contribution >= 4 is 32.9 Å². The Hall–Kier alpha value is -1.14. The van der Waals surface area contributed by atoms with Crippen molar-refractivity contribution in [3.8, 4) is 0 Å². The Labute approximate surface area is 126 Å². The SMILES string of the molecule is CCN(C(=S)Nc1ccc(C)cc1)[C@@H]1CCS(=O)(=O)C1. The van der Waals surface area contributed by atoms with Gasteiger partial charge in [-0.3, -0.25) is 0 Å². The van der Waals surface area contributed by atoms with Crippen molar-refractivity contribution in [3.63, 3.8) is 0 Å². The molecule has 1 aromatic rings. The lowest BCUT2D eigenvalue weighted by molar-refractivity contribution is 0.355. The Kier molecular flexibility index (Phi) is 4.65. The topological polar surface area (TPSA) is 49.4 Å². The standard InChI is InChI=1S/C14H20N2O2S2/c1-3-16(13-8-9-20(17,18)10-13)14(19)15-12-6-4-11(2)5-7-12/h4-7,13H,3,8-10H2,1-2H3,(H,15,19)/t13-/m1/s1. The van der Waals surface area contributed by atoms with Gasteiger partial charge in [-0.05, 0) is 44.6 Å². The number of nitrogens with zero attached hydrogens (tertiary/aromatic N) is 1. The first-order valence-corrected chi connectivity index (χ1v) is 8.99. The Morgan fingerprint density at radius 1 is 1.40 bits per heavy atom. The molecule has 1 saturated heterocycles. The fraction of sp³-hybridized carbons (Fsp3) is 0.500. The van der Waals surface area contributed by atoms with Crippen LogP contribution in [0.25, 0.3) is 0 Å². The van der Waals surface area contributed by atoms with Crippen molar-refractivity contribution in [2.24, 2.45) is 0 Å². The van der Waals surface area contributed by atoms with E-state index < -0.39 is 9.84 Å². The summed E-state index contributed by atoms with van der Waals surface area (Å²) in [7, 11) is -2.89. The van der Waals surface area contributed by atoms with Gasteiger partial charge in [-0.15, -0.1) is 0 Å². The monoisotopic (exact) mass is 312 g/mol. The molecule has 6 heteroatoms. The zero-order chi connectivity index (χ0) is 14.8. The molecule has 0 bridgehead atoms. The zero-order valence-corrected chi connectivity index (χ0v) is 13.4. The van der Waals surface area contributed by atoms with Gasteiger partial charge in [-0.25, -0.2) is 8.42 Å². The quantitative estimate of drug-likeness (QED) is 0.867. The van der Waals surface area contributed by atoms with Gasteiger partial charge in [0.15, 0.2) is 14.9 Å². The van der Waals surface area contributed by atoms with E-state index in [9.17, 15) is 8.42 Å². The summed E-state index contributed by atoms with van der Waals surface area (Å²) in [4.78, 5) is 1.97. The van der Waals surface area contributed by atoms with Crippen LogP contribution in [0.15, 0.2) is 24.3 Å². The number of hydrogen-bond donors (Lipinski definition) is 1. The van der Waals surface area contributed by atoms with Gasteiger partial charge in [0.2, 0.25) is 0 Å². The maximum Gasteiger partial charge on any atom is 0.173 e. The second kappa shape index (κ2) is 6.10. The van der Waals surface area contributed by atoms with Crippen LogP contribution in [0.5, 0.6) is 0 Å². The molecule has 1 fully saturated rings. The van der Waals surface area contributed by atoms with Gasteiger partial charge in [-0.1, -0.05) is 17.7 Å². The predicted octanol–water partition coefficient (Wildman–Crippen LogP) is 2.20. The Balaban J connectivity index is 2.04. The van der Waals surface area contributed by atoms with Gasteiger partial charge >= 0.3 is 0 Å². The van der Waals surface area contributed by atoms with Crippen LogP contribution in [0.3, 0.4) is 0 Å². The summed E-state index contributed by atoms with van der Waals surface area (Å²) >= 11 is 5.42. The van der Waals surface area contributed by atoms with Gasteiger partial charge in [0, 0.05) is 18.3 Å². The van der Waals surface area contributed by atoms with Crippen molar-refractivity contribution < 1.29 is 8.42 Å². The Bertz CT molecular complexity index is 582. The van der Waals surface area contributed by atoms with Crippen molar-refractivity contribution in [1.82, 2.24) is 4.90 Å². The molecular weight excluding hydrogens is 292 g/mol. The molecule has 110 valence electrons. The summed E-state index contributed by atoms with van der Waals surface area (Å²) in [6.45, 7) is 4.73. The van der Waals surface area contributed by atoms with E-state index >= 15 is 0 Å². The molecule has 1 atom stereocenters. The van der Waals surface area contributed by atoms with E-state index in [1.807, 2.05) is 43.0 Å². The summed E-state index contributed by atoms with van der Waals surface area (Å²) < 4.78 is 23.2. The third-order valence-electron chi connectivity index (χ3n) is 3.55. The van der Waals surface area contributed by atoms with Crippen LogP contribution in [0, 0.1) is 6.92 Å². The first-order valence-electron chi connectivity index (χ1n) is 6.76. The van der Waals surface area contributed by atoms with Crippen LogP contribution >= 0.6 is 12.2 Å². The molecule has 0 saturated carbocycles. The predicted molar refractivity (Wildman–Crippen MR) is 86.8 cm³/mol. The van der Waals surface area contributed by atoms with Crippen molar-refractivity contribution in [1.29, 1.82) is 0 Å². The summed E-state index contributed by atoms with van der Waals surface area (Å²) in [6.07, 6.45) is 0.659. The van der Waals surface area contributed by atoms with Crippen LogP contribution in [0.2, 0.25) is 0 Å². The zero-order valence-electron chi connectivity index (χ0n) is 11.8. The Morgan fingerprint density at radius 2 is 2.05 bits per heavy atom. The molecule has 1 heterocycles. The van der Waals surface area contributed by atoms with E-state index in [-0.39, 0.29) is 17.5 Å². The van der Waals surface area contributed by atoms with Crippen LogP contribution in [0.1, 0.15) is 18.9 Å². The highest BCUT2D eigenvalue weighted by Crippen LogP contribution is 2.19. The van der Waals surface area contributed by atoms with Crippen molar-refractivity contribution in [3.05, 3.63) is 29.8 Å². The number of rotatable bonds is 3. The van der Waals surface area contributed by atoms with Gasteiger partial charge in [0.1, 0.15) is 0 Å². The molecule has 0 aliphatic carbocycles. The van der Waals surface area contributed by atoms with E-state index in [0.717, 1.165) is 5.69 Å². The van der Waals surface area contributed by atoms with E-state index in [1.54, 1.807) is 0 Å². The molecule has 0 spiro atoms. The van der Waals surface area contributed by atoms with Gasteiger partial charge in [-0.2, -0.15) is 0 Å². The third-order valence-corrected chi connectivity index (χ3v) is 5.64. The van der Waals surface area contributed by atoms with Crippen molar-refractivity contribution in [2.45, 2.75) is 26.3 Å². The first kappa shape index (κ1) is 15.3. The molecule has 4 nitrogen and oxygen atoms in total. The second-order valence-electron chi connectivity index (χ2n) is 5.14. The highest BCUT2D eigenvalue weighted by molar-refractivity contribution is 7.91. The minimum atomic E-state index is -2.89. The van der Waals surface area contributed by atoms with Gasteiger partial charge < -0.3 is 10.2 Å². The molecule has 20 heavy (non-hydrogen) atoms. The molecule has 1 aliphatic rings. The molecule has 0 amide bonds. The summed E-state index contributed by atoms with van der Waals surface area (Å²) in [6, 6.07) is 7.97. The molecule has 2 rings (SSSR count). The molecule has 1 N–H and O–H groups in total. The van der Waals surface area contributed by atoms with Crippen LogP contribution in [-0.4, -0.2) is 42.5 Å². The fourth-order valence-electron chi connectivity index (χ4n) is 2.42. The number of anilines is 1. The lowest BCUT2D eigenvalue weighted by Crippen LogP contribution is -2.43. The average molecular weight is 312 g/mol. The minimum absolute atomic E-state index is 0.00421. The number of aryl methyl sites for hydroxylation is 1. The lowest BCUT2D eigenvalue weighted by atomic mass is 10.2. The normalized spacial score (nSPS) is 20.6. The van der Waals surface area contributed by atoms with Crippen LogP contribution < -0.4 is 5.32 Å². The second-order valence-corrected chi connectivity index (χ2v) is 7.75. The number of hydrogen-bond acceptors (Lipinski definition) is 3. The van der Waals surface area contributed by atoms with E-state index in [0.29, 0.717) is 18.1 Å². The van der Waals surface area contributed by atoms with Gasteiger partial charge in [0.05, 0.1) is 11.5 Å². The van der Waals surface area contributed by atoms with E-state index in [4.69, 9.17) is 12.2 Å². The lowest BCUT2D eigenvalue weighted by Gasteiger charge is -2.29. The van der Waals surface area contributed by atoms with Crippen LogP contribution in [-0.2, 0) is 9.84 Å². The van der Waals surface area contributed by atoms with E-state index in [1.165, 1.54) is 5.56 Å². The fourth-order valence-corrected chi connectivity index (χ4v) is 4.55. The maximum absolute atomic E-state index is 11.6. The summed E-state index contributed by atoms with van der Waals surface area (Å²) in [5, 5.41) is 3.78. The molecule has 0 radical (unpaired) electrons. The van der Waals surface area contributed by atoms with Gasteiger partial charge in [0.25, 0.3) is 0 Å². The highest BCUT2D eigenvalue weighted by Gasteiger charge is 2.32. The number of benzene rings is 1. The minimum Gasteiger partial charge on any atom is -0.345 e. The Morgan fingerprint density at radius 3 is 2.55 bits per heavy atom.